The molecule has 0 amide bonds. The molecule has 0 aromatic carbocycles. The van der Waals surface area contributed by atoms with Crippen LogP contribution in [0.15, 0.2) is 11.4 Å². The van der Waals surface area contributed by atoms with Crippen LogP contribution in [0.25, 0.3) is 10.2 Å². The molecule has 0 bridgehead atoms. The number of hydrogen-bond donors (Lipinski definition) is 2. The summed E-state index contributed by atoms with van der Waals surface area (Å²) in [5.74, 6) is 1.26. The molecule has 5 heteroatoms. The highest BCUT2D eigenvalue weighted by Crippen LogP contribution is 2.28. The van der Waals surface area contributed by atoms with Crippen molar-refractivity contribution < 1.29 is 0 Å². The quantitative estimate of drug-likeness (QED) is 0.838. The van der Waals surface area contributed by atoms with Crippen LogP contribution in [0.2, 0.25) is 0 Å². The van der Waals surface area contributed by atoms with E-state index in [1.165, 1.54) is 25.7 Å². The number of nitrogen functional groups attached to an aromatic ring is 1. The van der Waals surface area contributed by atoms with Crippen molar-refractivity contribution in [3.8, 4) is 0 Å². The summed E-state index contributed by atoms with van der Waals surface area (Å²) >= 11 is 1.60. The smallest absolute Gasteiger partial charge is 0.223 e. The van der Waals surface area contributed by atoms with E-state index in [0.717, 1.165) is 16.0 Å². The van der Waals surface area contributed by atoms with E-state index < -0.39 is 0 Å². The van der Waals surface area contributed by atoms with E-state index in [1.54, 1.807) is 11.3 Å². The van der Waals surface area contributed by atoms with E-state index in [0.29, 0.717) is 12.0 Å². The summed E-state index contributed by atoms with van der Waals surface area (Å²) in [6, 6.07) is 2.61. The molecule has 0 saturated heterocycles. The molecule has 1 saturated carbocycles. The zero-order valence-electron chi connectivity index (χ0n) is 8.94. The molecule has 0 atom stereocenters. The molecule has 0 unspecified atom stereocenters. The number of rotatable bonds is 2. The van der Waals surface area contributed by atoms with Crippen molar-refractivity contribution >= 4 is 33.3 Å². The van der Waals surface area contributed by atoms with Gasteiger partial charge in [0, 0.05) is 6.04 Å². The highest BCUT2D eigenvalue weighted by atomic mass is 32.1. The largest absolute Gasteiger partial charge is 0.368 e. The van der Waals surface area contributed by atoms with Crippen LogP contribution >= 0.6 is 11.3 Å². The van der Waals surface area contributed by atoms with Gasteiger partial charge in [-0.1, -0.05) is 12.8 Å². The molecule has 3 N–H and O–H groups in total. The Balaban J connectivity index is 1.97. The highest BCUT2D eigenvalue weighted by Gasteiger charge is 2.17. The van der Waals surface area contributed by atoms with Crippen molar-refractivity contribution in [2.75, 3.05) is 11.1 Å². The number of aromatic nitrogens is 2. The van der Waals surface area contributed by atoms with Crippen LogP contribution in [0.4, 0.5) is 11.8 Å². The second-order valence-corrected chi connectivity index (χ2v) is 5.09. The van der Waals surface area contributed by atoms with Gasteiger partial charge in [-0.25, -0.2) is 4.98 Å². The maximum absolute atomic E-state index is 5.70. The number of thiophene rings is 1. The van der Waals surface area contributed by atoms with Crippen LogP contribution in [0.3, 0.4) is 0 Å². The third kappa shape index (κ3) is 1.71. The number of nitrogens with two attached hydrogens (primary N) is 1. The minimum atomic E-state index is 0.357. The van der Waals surface area contributed by atoms with Gasteiger partial charge in [0.2, 0.25) is 5.95 Å². The van der Waals surface area contributed by atoms with E-state index in [1.807, 2.05) is 5.38 Å². The minimum absolute atomic E-state index is 0.357. The number of nitrogens with zero attached hydrogens (tertiary/aromatic N) is 2. The standard InChI is InChI=1S/C11H14N4S/c12-11-14-9(13-7-3-1-2-4-7)8-5-6-16-10(8)15-11/h5-7H,1-4H2,(H3,12,13,14,15). The first-order chi connectivity index (χ1) is 7.83. The lowest BCUT2D eigenvalue weighted by molar-refractivity contribution is 0.752. The second-order valence-electron chi connectivity index (χ2n) is 4.20. The van der Waals surface area contributed by atoms with Crippen molar-refractivity contribution in [1.29, 1.82) is 0 Å². The molecule has 1 aliphatic carbocycles. The fourth-order valence-electron chi connectivity index (χ4n) is 2.25. The highest BCUT2D eigenvalue weighted by molar-refractivity contribution is 7.16. The van der Waals surface area contributed by atoms with Gasteiger partial charge in [-0.2, -0.15) is 4.98 Å². The van der Waals surface area contributed by atoms with Crippen LogP contribution in [0.5, 0.6) is 0 Å². The van der Waals surface area contributed by atoms with Crippen molar-refractivity contribution in [3.63, 3.8) is 0 Å². The molecule has 0 aliphatic heterocycles. The molecule has 1 aliphatic rings. The van der Waals surface area contributed by atoms with Gasteiger partial charge in [-0.05, 0) is 24.3 Å². The van der Waals surface area contributed by atoms with Gasteiger partial charge < -0.3 is 11.1 Å². The molecule has 4 nitrogen and oxygen atoms in total. The van der Waals surface area contributed by atoms with Gasteiger partial charge in [0.25, 0.3) is 0 Å². The number of fused-ring (bicyclic) bond motifs is 1. The van der Waals surface area contributed by atoms with Crippen molar-refractivity contribution in [1.82, 2.24) is 9.97 Å². The Hall–Kier alpha value is -1.36. The zero-order valence-corrected chi connectivity index (χ0v) is 9.76. The predicted molar refractivity (Wildman–Crippen MR) is 67.7 cm³/mol. The molecule has 1 fully saturated rings. The van der Waals surface area contributed by atoms with Crippen molar-refractivity contribution in [2.24, 2.45) is 0 Å². The predicted octanol–water partition coefficient (Wildman–Crippen LogP) is 2.63. The summed E-state index contributed by atoms with van der Waals surface area (Å²) < 4.78 is 0. The normalized spacial score (nSPS) is 17.0. The molecule has 0 spiro atoms. The molecule has 84 valence electrons. The van der Waals surface area contributed by atoms with E-state index in [2.05, 4.69) is 21.4 Å². The first-order valence-electron chi connectivity index (χ1n) is 5.60. The Kier molecular flexibility index (Phi) is 2.40. The third-order valence-electron chi connectivity index (χ3n) is 3.04. The van der Waals surface area contributed by atoms with Crippen LogP contribution in [0.1, 0.15) is 25.7 Å². The summed E-state index contributed by atoms with van der Waals surface area (Å²) in [5.41, 5.74) is 5.70. The Morgan fingerprint density at radius 1 is 1.31 bits per heavy atom. The van der Waals surface area contributed by atoms with Crippen LogP contribution in [0, 0.1) is 0 Å². The van der Waals surface area contributed by atoms with E-state index >= 15 is 0 Å². The van der Waals surface area contributed by atoms with Gasteiger partial charge in [0.05, 0.1) is 5.39 Å². The third-order valence-corrected chi connectivity index (χ3v) is 3.84. The fourth-order valence-corrected chi connectivity index (χ4v) is 3.02. The lowest BCUT2D eigenvalue weighted by Gasteiger charge is -2.13. The van der Waals surface area contributed by atoms with Gasteiger partial charge in [0.1, 0.15) is 10.6 Å². The maximum Gasteiger partial charge on any atom is 0.223 e. The van der Waals surface area contributed by atoms with Gasteiger partial charge in [0.15, 0.2) is 0 Å². The van der Waals surface area contributed by atoms with Crippen molar-refractivity contribution in [3.05, 3.63) is 11.4 Å². The first-order valence-corrected chi connectivity index (χ1v) is 6.48. The van der Waals surface area contributed by atoms with Gasteiger partial charge in [-0.15, -0.1) is 11.3 Å². The average molecular weight is 234 g/mol. The fraction of sp³-hybridized carbons (Fsp3) is 0.455. The van der Waals surface area contributed by atoms with Crippen molar-refractivity contribution in [2.45, 2.75) is 31.7 Å². The topological polar surface area (TPSA) is 63.8 Å². The van der Waals surface area contributed by atoms with Gasteiger partial charge in [-0.3, -0.25) is 0 Å². The molecule has 2 aromatic rings. The van der Waals surface area contributed by atoms with E-state index in [4.69, 9.17) is 5.73 Å². The summed E-state index contributed by atoms with van der Waals surface area (Å²) in [6.45, 7) is 0. The summed E-state index contributed by atoms with van der Waals surface area (Å²) in [4.78, 5) is 9.48. The van der Waals surface area contributed by atoms with Crippen LogP contribution in [-0.2, 0) is 0 Å². The monoisotopic (exact) mass is 234 g/mol. The second kappa shape index (κ2) is 3.90. The molecule has 2 heterocycles. The van der Waals surface area contributed by atoms with Gasteiger partial charge >= 0.3 is 0 Å². The molecule has 16 heavy (non-hydrogen) atoms. The first kappa shape index (κ1) is 9.84. The number of hydrogen-bond acceptors (Lipinski definition) is 5. The Morgan fingerprint density at radius 2 is 2.12 bits per heavy atom. The molecule has 3 rings (SSSR count). The molecule has 0 radical (unpaired) electrons. The Morgan fingerprint density at radius 3 is 2.94 bits per heavy atom. The summed E-state index contributed by atoms with van der Waals surface area (Å²) in [5, 5.41) is 6.60. The van der Waals surface area contributed by atoms with E-state index in [-0.39, 0.29) is 0 Å². The number of anilines is 2. The Bertz CT molecular complexity index is 502. The molecular weight excluding hydrogens is 220 g/mol. The molecule has 2 aromatic heterocycles. The van der Waals surface area contributed by atoms with Crippen LogP contribution in [-0.4, -0.2) is 16.0 Å². The Labute approximate surface area is 97.9 Å². The average Bonchev–Trinajstić information content (AvgIpc) is 2.87. The van der Waals surface area contributed by atoms with E-state index in [9.17, 15) is 0 Å². The maximum atomic E-state index is 5.70. The summed E-state index contributed by atoms with van der Waals surface area (Å²) in [7, 11) is 0. The number of nitrogens with one attached hydrogen (secondary N) is 1. The lowest BCUT2D eigenvalue weighted by Crippen LogP contribution is -2.16. The zero-order chi connectivity index (χ0) is 11.0. The SMILES string of the molecule is Nc1nc(NC2CCCC2)c2ccsc2n1. The lowest BCUT2D eigenvalue weighted by atomic mass is 10.2. The minimum Gasteiger partial charge on any atom is -0.368 e. The molecular formula is C11H14N4S. The van der Waals surface area contributed by atoms with Crippen LogP contribution < -0.4 is 11.1 Å². The summed E-state index contributed by atoms with van der Waals surface area (Å²) in [6.07, 6.45) is 5.08.